The predicted octanol–water partition coefficient (Wildman–Crippen LogP) is 8.84. The lowest BCUT2D eigenvalue weighted by Gasteiger charge is -2.30. The van der Waals surface area contributed by atoms with Crippen LogP contribution in [0, 0.1) is 0 Å². The molecule has 186 valence electrons. The maximum absolute atomic E-state index is 6.67. The molecule has 0 saturated carbocycles. The van der Waals surface area contributed by atoms with Crippen molar-refractivity contribution in [2.45, 2.75) is 27.8 Å². The van der Waals surface area contributed by atoms with Crippen molar-refractivity contribution in [2.24, 2.45) is 0 Å². The van der Waals surface area contributed by atoms with E-state index in [4.69, 9.17) is 15.7 Å². The zero-order chi connectivity index (χ0) is 25.5. The Morgan fingerprint density at radius 2 is 1.50 bits per heavy atom. The van der Waals surface area contributed by atoms with E-state index in [0.717, 1.165) is 27.5 Å². The predicted molar refractivity (Wildman–Crippen MR) is 164 cm³/mol. The molecule has 0 saturated heterocycles. The Morgan fingerprint density at radius 1 is 0.789 bits per heavy atom. The van der Waals surface area contributed by atoms with Crippen molar-refractivity contribution in [3.8, 4) is 0 Å². The van der Waals surface area contributed by atoms with Gasteiger partial charge in [0, 0.05) is 15.9 Å². The summed E-state index contributed by atoms with van der Waals surface area (Å²) in [7, 11) is 0. The number of fused-ring (bicyclic) bond motifs is 4. The number of thioether (sulfide) groups is 2. The van der Waals surface area contributed by atoms with Crippen molar-refractivity contribution < 1.29 is 0 Å². The number of rotatable bonds is 5. The molecular formula is C32H25N3S3. The number of thiophene rings is 1. The average molecular weight is 548 g/mol. The molecule has 2 N–H and O–H groups in total. The molecule has 0 amide bonds. The summed E-state index contributed by atoms with van der Waals surface area (Å²) in [4.78, 5) is 12.2. The Kier molecular flexibility index (Phi) is 6.32. The van der Waals surface area contributed by atoms with E-state index >= 15 is 0 Å². The van der Waals surface area contributed by atoms with Crippen LogP contribution in [0.15, 0.2) is 108 Å². The first-order chi connectivity index (χ1) is 18.7. The van der Waals surface area contributed by atoms with Crippen LogP contribution in [0.4, 0.5) is 5.82 Å². The van der Waals surface area contributed by atoms with Gasteiger partial charge >= 0.3 is 0 Å². The van der Waals surface area contributed by atoms with E-state index in [1.54, 1.807) is 23.1 Å². The quantitative estimate of drug-likeness (QED) is 0.173. The van der Waals surface area contributed by atoms with Crippen molar-refractivity contribution in [1.82, 2.24) is 9.97 Å². The molecular weight excluding hydrogens is 523 g/mol. The van der Waals surface area contributed by atoms with E-state index in [-0.39, 0.29) is 5.25 Å². The molecule has 2 aromatic heterocycles. The fourth-order valence-corrected chi connectivity index (χ4v) is 9.09. The van der Waals surface area contributed by atoms with Crippen molar-refractivity contribution in [2.75, 3.05) is 5.73 Å². The zero-order valence-electron chi connectivity index (χ0n) is 20.6. The van der Waals surface area contributed by atoms with Crippen LogP contribution in [0.5, 0.6) is 0 Å². The van der Waals surface area contributed by atoms with Gasteiger partial charge in [-0.05, 0) is 39.4 Å². The normalized spacial score (nSPS) is 17.1. The summed E-state index contributed by atoms with van der Waals surface area (Å²) >= 11 is 5.47. The van der Waals surface area contributed by atoms with Crippen LogP contribution in [0.25, 0.3) is 21.0 Å². The SMILES string of the molecule is Nc1nc(SCc2ccc3ccccc3c2)nc2sc3c(c12)C[C@H](c1ccccc1)S[C@@H]3c1ccccc1. The monoisotopic (exact) mass is 547 g/mol. The van der Waals surface area contributed by atoms with Gasteiger partial charge in [-0.3, -0.25) is 0 Å². The Balaban J connectivity index is 1.25. The van der Waals surface area contributed by atoms with Crippen LogP contribution >= 0.6 is 34.9 Å². The van der Waals surface area contributed by atoms with Gasteiger partial charge in [-0.15, -0.1) is 23.1 Å². The third-order valence-corrected chi connectivity index (χ3v) is 10.9. The fraction of sp³-hybridized carbons (Fsp3) is 0.125. The molecule has 1 aliphatic rings. The van der Waals surface area contributed by atoms with Crippen LogP contribution in [0.3, 0.4) is 0 Å². The van der Waals surface area contributed by atoms with Gasteiger partial charge in [0.25, 0.3) is 0 Å². The van der Waals surface area contributed by atoms with Gasteiger partial charge in [0.15, 0.2) is 5.16 Å². The van der Waals surface area contributed by atoms with Crippen molar-refractivity contribution in [3.05, 3.63) is 130 Å². The van der Waals surface area contributed by atoms with E-state index in [9.17, 15) is 0 Å². The molecule has 0 spiro atoms. The molecule has 0 radical (unpaired) electrons. The maximum atomic E-state index is 6.67. The summed E-state index contributed by atoms with van der Waals surface area (Å²) in [5, 5.41) is 4.90. The fourth-order valence-electron chi connectivity index (χ4n) is 5.22. The smallest absolute Gasteiger partial charge is 0.191 e. The number of aromatic nitrogens is 2. The molecule has 2 atom stereocenters. The van der Waals surface area contributed by atoms with Crippen LogP contribution in [-0.4, -0.2) is 9.97 Å². The van der Waals surface area contributed by atoms with Crippen molar-refractivity contribution in [1.29, 1.82) is 0 Å². The molecule has 4 aromatic carbocycles. The van der Waals surface area contributed by atoms with Crippen LogP contribution < -0.4 is 5.73 Å². The lowest BCUT2D eigenvalue weighted by atomic mass is 9.98. The van der Waals surface area contributed by atoms with Crippen LogP contribution in [-0.2, 0) is 12.2 Å². The van der Waals surface area contributed by atoms with Gasteiger partial charge in [0.1, 0.15) is 10.6 Å². The standard InChI is InChI=1S/C32H25N3S3/c33-30-27-25-18-26(22-10-3-1-4-11-22)37-28(23-12-5-2-6-13-23)29(25)38-31(27)35-32(34-30)36-19-20-15-16-21-9-7-8-14-24(21)17-20/h1-17,26,28H,18-19H2,(H2,33,34,35)/t26-,28-/m1/s1. The number of nitrogens with two attached hydrogens (primary N) is 1. The van der Waals surface area contributed by atoms with Crippen LogP contribution in [0.1, 0.15) is 37.6 Å². The minimum Gasteiger partial charge on any atom is -0.383 e. The topological polar surface area (TPSA) is 51.8 Å². The largest absolute Gasteiger partial charge is 0.383 e. The highest BCUT2D eigenvalue weighted by molar-refractivity contribution is 8.00. The van der Waals surface area contributed by atoms with Crippen molar-refractivity contribution in [3.63, 3.8) is 0 Å². The summed E-state index contributed by atoms with van der Waals surface area (Å²) in [6, 6.07) is 36.7. The number of nitrogens with zero attached hydrogens (tertiary/aromatic N) is 2. The highest BCUT2D eigenvalue weighted by Crippen LogP contribution is 2.55. The molecule has 6 aromatic rings. The molecule has 0 bridgehead atoms. The Bertz CT molecular complexity index is 1750. The zero-order valence-corrected chi connectivity index (χ0v) is 23.0. The van der Waals surface area contributed by atoms with E-state index in [1.165, 1.54) is 37.9 Å². The number of hydrogen-bond acceptors (Lipinski definition) is 6. The maximum Gasteiger partial charge on any atom is 0.191 e. The van der Waals surface area contributed by atoms with Gasteiger partial charge in [-0.1, -0.05) is 115 Å². The lowest BCUT2D eigenvalue weighted by molar-refractivity contribution is 0.893. The third kappa shape index (κ3) is 4.47. The third-order valence-electron chi connectivity index (χ3n) is 7.07. The van der Waals surface area contributed by atoms with Gasteiger partial charge in [-0.2, -0.15) is 0 Å². The summed E-state index contributed by atoms with van der Waals surface area (Å²) in [6.45, 7) is 0. The number of benzene rings is 4. The second-order valence-corrected chi connectivity index (χ2v) is 12.8. The summed E-state index contributed by atoms with van der Waals surface area (Å²) in [5.74, 6) is 1.40. The minimum atomic E-state index is 0.248. The van der Waals surface area contributed by atoms with E-state index in [0.29, 0.717) is 11.1 Å². The minimum absolute atomic E-state index is 0.248. The van der Waals surface area contributed by atoms with E-state index in [1.807, 2.05) is 11.8 Å². The first-order valence-corrected chi connectivity index (χ1v) is 15.4. The summed E-state index contributed by atoms with van der Waals surface area (Å²) in [5.41, 5.74) is 11.9. The molecule has 0 aliphatic carbocycles. The van der Waals surface area contributed by atoms with Gasteiger partial charge in [0.05, 0.1) is 10.6 Å². The molecule has 6 heteroatoms. The number of hydrogen-bond donors (Lipinski definition) is 1. The van der Waals surface area contributed by atoms with Gasteiger partial charge in [0.2, 0.25) is 0 Å². The van der Waals surface area contributed by atoms with Gasteiger partial charge in [-0.25, -0.2) is 9.97 Å². The summed E-state index contributed by atoms with van der Waals surface area (Å²) in [6.07, 6.45) is 0.935. The molecule has 3 nitrogen and oxygen atoms in total. The number of anilines is 1. The average Bonchev–Trinajstić information content (AvgIpc) is 3.35. The highest BCUT2D eigenvalue weighted by atomic mass is 32.2. The van der Waals surface area contributed by atoms with Crippen molar-refractivity contribution >= 4 is 61.7 Å². The molecule has 38 heavy (non-hydrogen) atoms. The summed E-state index contributed by atoms with van der Waals surface area (Å²) < 4.78 is 0. The number of nitrogen functional groups attached to an aromatic ring is 1. The Morgan fingerprint density at radius 3 is 2.29 bits per heavy atom. The molecule has 7 rings (SSSR count). The molecule has 0 fully saturated rings. The van der Waals surface area contributed by atoms with Crippen LogP contribution in [0.2, 0.25) is 0 Å². The van der Waals surface area contributed by atoms with E-state index < -0.39 is 0 Å². The molecule has 1 aliphatic heterocycles. The second kappa shape index (κ2) is 10.1. The lowest BCUT2D eigenvalue weighted by Crippen LogP contribution is -2.12. The second-order valence-electron chi connectivity index (χ2n) is 9.52. The highest BCUT2D eigenvalue weighted by Gasteiger charge is 2.34. The van der Waals surface area contributed by atoms with Gasteiger partial charge < -0.3 is 5.73 Å². The van der Waals surface area contributed by atoms with E-state index in [2.05, 4.69) is 103 Å². The Labute approximate surface area is 234 Å². The molecule has 0 unspecified atom stereocenters. The first-order valence-electron chi connectivity index (χ1n) is 12.7. The first kappa shape index (κ1) is 23.8. The Hall–Kier alpha value is -3.32. The molecule has 3 heterocycles.